The Morgan fingerprint density at radius 1 is 1.50 bits per heavy atom. The van der Waals surface area contributed by atoms with Gasteiger partial charge in [0.15, 0.2) is 11.6 Å². The van der Waals surface area contributed by atoms with E-state index in [0.717, 1.165) is 12.1 Å². The largest absolute Gasteiger partial charge is 0.505 e. The summed E-state index contributed by atoms with van der Waals surface area (Å²) in [6.45, 7) is 7.61. The molecule has 0 aromatic heterocycles. The predicted molar refractivity (Wildman–Crippen MR) is 83.6 cm³/mol. The van der Waals surface area contributed by atoms with Crippen molar-refractivity contribution in [1.82, 2.24) is 0 Å². The summed E-state index contributed by atoms with van der Waals surface area (Å²) in [5.74, 6) is -1.04. The van der Waals surface area contributed by atoms with E-state index in [9.17, 15) is 9.50 Å². The summed E-state index contributed by atoms with van der Waals surface area (Å²) in [6, 6.07) is 4.09. The number of aliphatic imine (C=N–C) groups is 1. The van der Waals surface area contributed by atoms with Crippen LogP contribution in [0.4, 0.5) is 4.39 Å². The van der Waals surface area contributed by atoms with E-state index in [0.29, 0.717) is 16.2 Å². The van der Waals surface area contributed by atoms with Crippen molar-refractivity contribution in [3.05, 3.63) is 59.0 Å². The van der Waals surface area contributed by atoms with Crippen LogP contribution in [0.2, 0.25) is 0 Å². The zero-order valence-electron chi connectivity index (χ0n) is 11.5. The molecule has 0 aliphatic carbocycles. The molecule has 0 saturated carbocycles. The van der Waals surface area contributed by atoms with Crippen LogP contribution in [-0.2, 0) is 0 Å². The molecule has 1 N–H and O–H groups in total. The highest BCUT2D eigenvalue weighted by molar-refractivity contribution is 6.32. The standard InChI is InChI=1S/C16H17ClFNO/c1-4-11(2)19-10-14(12(3)17)7-5-13-6-8-15(18)16(20)9-13/h5-10,20H,3-4H2,1-2H3/b7-5+,14-10-,19-11-. The number of rotatable bonds is 5. The monoisotopic (exact) mass is 293 g/mol. The summed E-state index contributed by atoms with van der Waals surface area (Å²) in [4.78, 5) is 4.26. The van der Waals surface area contributed by atoms with Crippen molar-refractivity contribution < 1.29 is 9.50 Å². The highest BCUT2D eigenvalue weighted by atomic mass is 35.5. The molecule has 0 unspecified atom stereocenters. The molecule has 0 heterocycles. The van der Waals surface area contributed by atoms with E-state index in [2.05, 4.69) is 11.6 Å². The van der Waals surface area contributed by atoms with Gasteiger partial charge in [-0.1, -0.05) is 43.3 Å². The van der Waals surface area contributed by atoms with Crippen LogP contribution in [0.1, 0.15) is 25.8 Å². The third kappa shape index (κ3) is 5.02. The van der Waals surface area contributed by atoms with Crippen LogP contribution in [0.25, 0.3) is 6.08 Å². The fraction of sp³-hybridized carbons (Fsp3) is 0.188. The second kappa shape index (κ2) is 7.65. The Balaban J connectivity index is 2.98. The van der Waals surface area contributed by atoms with Crippen molar-refractivity contribution in [2.45, 2.75) is 20.3 Å². The van der Waals surface area contributed by atoms with E-state index < -0.39 is 5.82 Å². The number of aromatic hydroxyl groups is 1. The van der Waals surface area contributed by atoms with Gasteiger partial charge in [-0.25, -0.2) is 4.39 Å². The molecule has 0 spiro atoms. The number of phenols is 1. The minimum Gasteiger partial charge on any atom is -0.505 e. The van der Waals surface area contributed by atoms with Gasteiger partial charge in [0.1, 0.15) is 0 Å². The molecule has 1 rings (SSSR count). The number of halogens is 2. The molecule has 0 saturated heterocycles. The van der Waals surface area contributed by atoms with Gasteiger partial charge in [0.2, 0.25) is 0 Å². The van der Waals surface area contributed by atoms with Gasteiger partial charge in [-0.2, -0.15) is 0 Å². The average Bonchev–Trinajstić information content (AvgIpc) is 2.41. The summed E-state index contributed by atoms with van der Waals surface area (Å²) >= 11 is 5.90. The fourth-order valence-corrected chi connectivity index (χ4v) is 1.41. The van der Waals surface area contributed by atoms with Crippen LogP contribution in [0, 0.1) is 5.82 Å². The molecule has 1 aromatic carbocycles. The number of hydrogen-bond donors (Lipinski definition) is 1. The molecule has 20 heavy (non-hydrogen) atoms. The van der Waals surface area contributed by atoms with E-state index in [1.54, 1.807) is 24.4 Å². The van der Waals surface area contributed by atoms with Gasteiger partial charge < -0.3 is 5.11 Å². The lowest BCUT2D eigenvalue weighted by Gasteiger charge is -2.00. The SMILES string of the molecule is C=C(Cl)C(=C\N=C(\C)CC)/C=C/c1ccc(F)c(O)c1. The maximum atomic E-state index is 12.9. The topological polar surface area (TPSA) is 32.6 Å². The fourth-order valence-electron chi connectivity index (χ4n) is 1.29. The van der Waals surface area contributed by atoms with E-state index in [1.807, 2.05) is 13.8 Å². The van der Waals surface area contributed by atoms with E-state index in [4.69, 9.17) is 11.6 Å². The summed E-state index contributed by atoms with van der Waals surface area (Å²) < 4.78 is 12.9. The average molecular weight is 294 g/mol. The molecule has 0 amide bonds. The van der Waals surface area contributed by atoms with Crippen molar-refractivity contribution in [3.63, 3.8) is 0 Å². The van der Waals surface area contributed by atoms with Gasteiger partial charge in [-0.05, 0) is 31.0 Å². The van der Waals surface area contributed by atoms with Crippen LogP contribution in [0.15, 0.2) is 52.7 Å². The van der Waals surface area contributed by atoms with Crippen LogP contribution in [-0.4, -0.2) is 10.8 Å². The molecular weight excluding hydrogens is 277 g/mol. The first-order chi connectivity index (χ1) is 9.43. The maximum absolute atomic E-state index is 12.9. The van der Waals surface area contributed by atoms with Crippen LogP contribution in [0.5, 0.6) is 5.75 Å². The molecule has 0 fully saturated rings. The van der Waals surface area contributed by atoms with Crippen molar-refractivity contribution in [2.75, 3.05) is 0 Å². The predicted octanol–water partition coefficient (Wildman–Crippen LogP) is 5.05. The number of hydrogen-bond acceptors (Lipinski definition) is 2. The Kier molecular flexibility index (Phi) is 6.19. The summed E-state index contributed by atoms with van der Waals surface area (Å²) in [5.41, 5.74) is 2.29. The van der Waals surface area contributed by atoms with E-state index in [-0.39, 0.29) is 5.75 Å². The summed E-state index contributed by atoms with van der Waals surface area (Å²) in [6.07, 6.45) is 5.91. The van der Waals surface area contributed by atoms with Crippen molar-refractivity contribution in [3.8, 4) is 5.75 Å². The Bertz CT molecular complexity index is 588. The lowest BCUT2D eigenvalue weighted by Crippen LogP contribution is -1.85. The quantitative estimate of drug-likeness (QED) is 0.598. The molecule has 0 atom stereocenters. The van der Waals surface area contributed by atoms with Gasteiger partial charge >= 0.3 is 0 Å². The first-order valence-electron chi connectivity index (χ1n) is 6.18. The van der Waals surface area contributed by atoms with Crippen LogP contribution < -0.4 is 0 Å². The van der Waals surface area contributed by atoms with Crippen molar-refractivity contribution in [2.24, 2.45) is 4.99 Å². The number of nitrogens with zero attached hydrogens (tertiary/aromatic N) is 1. The smallest absolute Gasteiger partial charge is 0.164 e. The normalized spacial score (nSPS) is 13.0. The van der Waals surface area contributed by atoms with Crippen molar-refractivity contribution in [1.29, 1.82) is 0 Å². The zero-order chi connectivity index (χ0) is 15.1. The maximum Gasteiger partial charge on any atom is 0.164 e. The van der Waals surface area contributed by atoms with Crippen LogP contribution in [0.3, 0.4) is 0 Å². The Labute approximate surface area is 123 Å². The van der Waals surface area contributed by atoms with Gasteiger partial charge in [0.05, 0.1) is 0 Å². The number of benzene rings is 1. The minimum absolute atomic E-state index is 0.361. The Morgan fingerprint density at radius 3 is 2.75 bits per heavy atom. The molecular formula is C16H17ClFNO. The lowest BCUT2D eigenvalue weighted by atomic mass is 10.1. The second-order valence-electron chi connectivity index (χ2n) is 4.25. The summed E-state index contributed by atoms with van der Waals surface area (Å²) in [7, 11) is 0. The van der Waals surface area contributed by atoms with Gasteiger partial charge in [0, 0.05) is 22.5 Å². The third-order valence-electron chi connectivity index (χ3n) is 2.67. The van der Waals surface area contributed by atoms with Gasteiger partial charge in [-0.3, -0.25) is 4.99 Å². The zero-order valence-corrected chi connectivity index (χ0v) is 12.3. The molecule has 2 nitrogen and oxygen atoms in total. The Morgan fingerprint density at radius 2 is 2.20 bits per heavy atom. The first kappa shape index (κ1) is 16.2. The minimum atomic E-state index is -0.650. The van der Waals surface area contributed by atoms with Gasteiger partial charge in [-0.15, -0.1) is 0 Å². The molecule has 4 heteroatoms. The number of phenolic OH excluding ortho intramolecular Hbond substituents is 1. The van der Waals surface area contributed by atoms with E-state index in [1.165, 1.54) is 12.1 Å². The third-order valence-corrected chi connectivity index (χ3v) is 2.89. The highest BCUT2D eigenvalue weighted by Gasteiger charge is 2.00. The number of allylic oxidation sites excluding steroid dienone is 3. The first-order valence-corrected chi connectivity index (χ1v) is 6.56. The van der Waals surface area contributed by atoms with Crippen LogP contribution >= 0.6 is 11.6 Å². The van der Waals surface area contributed by atoms with Gasteiger partial charge in [0.25, 0.3) is 0 Å². The van der Waals surface area contributed by atoms with E-state index >= 15 is 0 Å². The van der Waals surface area contributed by atoms with Crippen molar-refractivity contribution >= 4 is 23.4 Å². The lowest BCUT2D eigenvalue weighted by molar-refractivity contribution is 0.432. The molecule has 0 aliphatic heterocycles. The highest BCUT2D eigenvalue weighted by Crippen LogP contribution is 2.20. The molecule has 1 aromatic rings. The summed E-state index contributed by atoms with van der Waals surface area (Å²) in [5, 5.41) is 9.65. The molecule has 0 aliphatic rings. The molecule has 0 radical (unpaired) electrons. The molecule has 106 valence electrons. The molecule has 0 bridgehead atoms. The second-order valence-corrected chi connectivity index (χ2v) is 4.71. The Hall–Kier alpha value is -1.87.